The lowest BCUT2D eigenvalue weighted by Crippen LogP contribution is -2.44. The van der Waals surface area contributed by atoms with Crippen LogP contribution in [-0.2, 0) is 17.9 Å². The molecule has 0 atom stereocenters. The van der Waals surface area contributed by atoms with Crippen molar-refractivity contribution in [2.45, 2.75) is 65.4 Å². The number of carbonyl (C=O) groups is 2. The Hall–Kier alpha value is -3.98. The minimum atomic E-state index is -0.497. The summed E-state index contributed by atoms with van der Waals surface area (Å²) in [6, 6.07) is 19.2. The highest BCUT2D eigenvalue weighted by Crippen LogP contribution is 2.27. The Bertz CT molecular complexity index is 1490. The lowest BCUT2D eigenvalue weighted by atomic mass is 10.1. The van der Waals surface area contributed by atoms with Crippen LogP contribution in [0.5, 0.6) is 11.5 Å². The second-order valence-corrected chi connectivity index (χ2v) is 12.0. The van der Waals surface area contributed by atoms with Crippen LogP contribution >= 0.6 is 11.3 Å². The molecule has 1 saturated heterocycles. The highest BCUT2D eigenvalue weighted by Gasteiger charge is 2.27. The molecule has 8 nitrogen and oxygen atoms in total. The summed E-state index contributed by atoms with van der Waals surface area (Å²) in [5.74, 6) is 1.33. The van der Waals surface area contributed by atoms with Gasteiger partial charge >= 0.3 is 6.09 Å². The number of piperidine rings is 1. The Morgan fingerprint density at radius 1 is 1.00 bits per heavy atom. The topological polar surface area (TPSA) is 82.0 Å². The third kappa shape index (κ3) is 7.03. The van der Waals surface area contributed by atoms with Crippen molar-refractivity contribution in [3.8, 4) is 11.5 Å². The smallest absolute Gasteiger partial charge is 0.410 e. The zero-order valence-corrected chi connectivity index (χ0v) is 24.8. The van der Waals surface area contributed by atoms with Gasteiger partial charge in [0.05, 0.1) is 10.2 Å². The number of para-hydroxylation sites is 1. The Kier molecular flexibility index (Phi) is 8.54. The fourth-order valence-corrected chi connectivity index (χ4v) is 5.73. The van der Waals surface area contributed by atoms with E-state index in [4.69, 9.17) is 14.2 Å². The summed E-state index contributed by atoms with van der Waals surface area (Å²) in [5, 5.41) is 5.12. The Morgan fingerprint density at radius 3 is 2.41 bits per heavy atom. The van der Waals surface area contributed by atoms with Crippen molar-refractivity contribution in [1.82, 2.24) is 9.47 Å². The van der Waals surface area contributed by atoms with Gasteiger partial charge in [0.15, 0.2) is 0 Å². The molecule has 216 valence electrons. The molecule has 2 amide bonds. The minimum absolute atomic E-state index is 0.0422. The number of hydrogen-bond donors (Lipinski definition) is 1. The van der Waals surface area contributed by atoms with Crippen LogP contribution in [0.1, 0.15) is 56.6 Å². The fraction of sp³-hybridized carbons (Fsp3) is 0.375. The van der Waals surface area contributed by atoms with Gasteiger partial charge < -0.3 is 29.0 Å². The van der Waals surface area contributed by atoms with Gasteiger partial charge in [0.25, 0.3) is 5.91 Å². The minimum Gasteiger partial charge on any atom is -0.490 e. The van der Waals surface area contributed by atoms with Crippen LogP contribution in [0, 0.1) is 0 Å². The predicted molar refractivity (Wildman–Crippen MR) is 162 cm³/mol. The SMILES string of the molecule is CCn1c(C(=O)Nc2ccccc2COc2ccc(OC3CCN(C(=O)OC(C)(C)C)CC3)cc2)cc2sccc21. The first-order valence-corrected chi connectivity index (χ1v) is 14.9. The number of aromatic nitrogens is 1. The number of hydrogen-bond acceptors (Lipinski definition) is 6. The number of amides is 2. The number of fused-ring (bicyclic) bond motifs is 1. The lowest BCUT2D eigenvalue weighted by Gasteiger charge is -2.33. The maximum atomic E-state index is 13.2. The number of ether oxygens (including phenoxy) is 3. The number of aryl methyl sites for hydroxylation is 1. The molecule has 1 aliphatic rings. The number of carbonyl (C=O) groups excluding carboxylic acids is 2. The third-order valence-electron chi connectivity index (χ3n) is 6.95. The van der Waals surface area contributed by atoms with Gasteiger partial charge in [0.1, 0.15) is 35.5 Å². The average molecular weight is 576 g/mol. The molecule has 41 heavy (non-hydrogen) atoms. The maximum absolute atomic E-state index is 13.2. The predicted octanol–water partition coefficient (Wildman–Crippen LogP) is 7.33. The van der Waals surface area contributed by atoms with Gasteiger partial charge in [0, 0.05) is 43.7 Å². The average Bonchev–Trinajstić information content (AvgIpc) is 3.54. The third-order valence-corrected chi connectivity index (χ3v) is 7.80. The van der Waals surface area contributed by atoms with E-state index in [1.54, 1.807) is 16.2 Å². The lowest BCUT2D eigenvalue weighted by molar-refractivity contribution is 0.0126. The largest absolute Gasteiger partial charge is 0.490 e. The number of anilines is 1. The summed E-state index contributed by atoms with van der Waals surface area (Å²) in [7, 11) is 0. The van der Waals surface area contributed by atoms with Gasteiger partial charge in [-0.1, -0.05) is 18.2 Å². The first-order valence-electron chi connectivity index (χ1n) is 14.0. The molecule has 0 unspecified atom stereocenters. The second kappa shape index (κ2) is 12.3. The van der Waals surface area contributed by atoms with Gasteiger partial charge in [-0.25, -0.2) is 4.79 Å². The number of nitrogens with one attached hydrogen (secondary N) is 1. The summed E-state index contributed by atoms with van der Waals surface area (Å²) < 4.78 is 20.8. The molecule has 5 rings (SSSR count). The Balaban J connectivity index is 1.14. The standard InChI is InChI=1S/C32H37N3O5S/c1-5-35-27-16-19-41-29(27)20-28(35)30(36)33-26-9-7-6-8-22(26)21-38-23-10-12-24(13-11-23)39-25-14-17-34(18-15-25)31(37)40-32(2,3)4/h6-13,16,19-20,25H,5,14-15,17-18,21H2,1-4H3,(H,33,36). The van der Waals surface area contributed by atoms with E-state index >= 15 is 0 Å². The molecule has 1 aliphatic heterocycles. The zero-order chi connectivity index (χ0) is 29.0. The molecular formula is C32H37N3O5S. The van der Waals surface area contributed by atoms with E-state index in [2.05, 4.69) is 5.32 Å². The van der Waals surface area contributed by atoms with Crippen molar-refractivity contribution >= 4 is 39.2 Å². The molecule has 0 bridgehead atoms. The van der Waals surface area contributed by atoms with Crippen LogP contribution in [0.2, 0.25) is 0 Å². The van der Waals surface area contributed by atoms with Gasteiger partial charge in [-0.15, -0.1) is 11.3 Å². The maximum Gasteiger partial charge on any atom is 0.410 e. The highest BCUT2D eigenvalue weighted by molar-refractivity contribution is 7.17. The molecule has 1 N–H and O–H groups in total. The van der Waals surface area contributed by atoms with Crippen molar-refractivity contribution in [2.75, 3.05) is 18.4 Å². The van der Waals surface area contributed by atoms with E-state index in [1.165, 1.54) is 0 Å². The van der Waals surface area contributed by atoms with Crippen molar-refractivity contribution in [2.24, 2.45) is 0 Å². The molecule has 3 heterocycles. The van der Waals surface area contributed by atoms with Crippen molar-refractivity contribution in [1.29, 1.82) is 0 Å². The molecule has 0 spiro atoms. The second-order valence-electron chi connectivity index (χ2n) is 11.1. The molecule has 0 aliphatic carbocycles. The summed E-state index contributed by atoms with van der Waals surface area (Å²) in [5.41, 5.74) is 2.84. The van der Waals surface area contributed by atoms with Crippen molar-refractivity contribution < 1.29 is 23.8 Å². The Morgan fingerprint density at radius 2 is 1.71 bits per heavy atom. The number of nitrogens with zero attached hydrogens (tertiary/aromatic N) is 2. The number of rotatable bonds is 8. The van der Waals surface area contributed by atoms with Crippen molar-refractivity contribution in [3.05, 3.63) is 77.3 Å². The van der Waals surface area contributed by atoms with Gasteiger partial charge in [-0.2, -0.15) is 0 Å². The monoisotopic (exact) mass is 575 g/mol. The van der Waals surface area contributed by atoms with E-state index < -0.39 is 5.60 Å². The molecule has 0 radical (unpaired) electrons. The fourth-order valence-electron chi connectivity index (χ4n) is 4.91. The summed E-state index contributed by atoms with van der Waals surface area (Å²) in [6.07, 6.45) is 1.27. The number of thiophene rings is 1. The van der Waals surface area contributed by atoms with Gasteiger partial charge in [-0.3, -0.25) is 4.79 Å². The molecule has 2 aromatic carbocycles. The van der Waals surface area contributed by atoms with Crippen LogP contribution in [0.3, 0.4) is 0 Å². The van der Waals surface area contributed by atoms with Crippen LogP contribution in [-0.4, -0.2) is 46.3 Å². The van der Waals surface area contributed by atoms with Crippen LogP contribution in [0.4, 0.5) is 10.5 Å². The summed E-state index contributed by atoms with van der Waals surface area (Å²) >= 11 is 1.63. The molecule has 1 fully saturated rings. The first-order chi connectivity index (χ1) is 19.7. The van der Waals surface area contributed by atoms with Crippen LogP contribution in [0.15, 0.2) is 66.0 Å². The molecule has 4 aromatic rings. The molecule has 9 heteroatoms. The van der Waals surface area contributed by atoms with E-state index in [1.807, 2.05) is 98.3 Å². The van der Waals surface area contributed by atoms with Gasteiger partial charge in [0.2, 0.25) is 0 Å². The van der Waals surface area contributed by atoms with E-state index in [9.17, 15) is 9.59 Å². The molecule has 0 saturated carbocycles. The zero-order valence-electron chi connectivity index (χ0n) is 24.0. The normalized spacial score (nSPS) is 14.2. The van der Waals surface area contributed by atoms with Crippen LogP contribution < -0.4 is 14.8 Å². The quantitative estimate of drug-likeness (QED) is 0.238. The van der Waals surface area contributed by atoms with Crippen molar-refractivity contribution in [3.63, 3.8) is 0 Å². The molecule has 2 aromatic heterocycles. The molecular weight excluding hydrogens is 538 g/mol. The number of likely N-dealkylation sites (tertiary alicyclic amines) is 1. The number of benzene rings is 2. The van der Waals surface area contributed by atoms with Crippen LogP contribution in [0.25, 0.3) is 10.2 Å². The first kappa shape index (κ1) is 28.5. The summed E-state index contributed by atoms with van der Waals surface area (Å²) in [4.78, 5) is 27.2. The van der Waals surface area contributed by atoms with Gasteiger partial charge in [-0.05, 0) is 75.5 Å². The van der Waals surface area contributed by atoms with E-state index in [0.29, 0.717) is 31.1 Å². The highest BCUT2D eigenvalue weighted by atomic mass is 32.1. The van der Waals surface area contributed by atoms with E-state index in [-0.39, 0.29) is 18.1 Å². The Labute approximate surface area is 244 Å². The van der Waals surface area contributed by atoms with E-state index in [0.717, 1.165) is 46.6 Å². The summed E-state index contributed by atoms with van der Waals surface area (Å²) in [6.45, 7) is 9.92.